The summed E-state index contributed by atoms with van der Waals surface area (Å²) in [6.45, 7) is -0.0995. The number of primary sulfonamides is 1. The Morgan fingerprint density at radius 2 is 1.91 bits per heavy atom. The maximum absolute atomic E-state index is 13.7. The van der Waals surface area contributed by atoms with E-state index < -0.39 is 51.0 Å². The van der Waals surface area contributed by atoms with Gasteiger partial charge in [-0.2, -0.15) is 0 Å². The van der Waals surface area contributed by atoms with E-state index in [2.05, 4.69) is 20.0 Å². The number of rotatable bonds is 5. The number of hydrogen-bond donors (Lipinski definition) is 2. The van der Waals surface area contributed by atoms with Crippen molar-refractivity contribution in [2.45, 2.75) is 36.6 Å². The molecule has 0 radical (unpaired) electrons. The lowest BCUT2D eigenvalue weighted by molar-refractivity contribution is -0.274. The highest BCUT2D eigenvalue weighted by Crippen LogP contribution is 2.32. The number of nitrogens with two attached hydrogens (primary N) is 1. The summed E-state index contributed by atoms with van der Waals surface area (Å²) in [6, 6.07) is 2.95. The Morgan fingerprint density at radius 1 is 1.18 bits per heavy atom. The number of amides is 1. The van der Waals surface area contributed by atoms with Gasteiger partial charge < -0.3 is 15.0 Å². The Balaban J connectivity index is 1.96. The van der Waals surface area contributed by atoms with E-state index in [1.165, 1.54) is 11.0 Å². The van der Waals surface area contributed by atoms with Crippen LogP contribution in [-0.2, 0) is 10.0 Å². The molecular weight excluding hydrogens is 477 g/mol. The van der Waals surface area contributed by atoms with Gasteiger partial charge in [0.25, 0.3) is 15.9 Å². The third-order valence-electron chi connectivity index (χ3n) is 4.62. The molecule has 0 unspecified atom stereocenters. The molecule has 15 heteroatoms. The number of hydrogen-bond acceptors (Lipinski definition) is 7. The van der Waals surface area contributed by atoms with Crippen molar-refractivity contribution in [2.75, 3.05) is 23.3 Å². The number of carbonyl (C=O) groups is 1. The van der Waals surface area contributed by atoms with Crippen LogP contribution < -0.4 is 20.1 Å². The number of halogens is 5. The zero-order chi connectivity index (χ0) is 24.4. The molecule has 1 aliphatic heterocycles. The van der Waals surface area contributed by atoms with Gasteiger partial charge in [-0.05, 0) is 18.6 Å². The van der Waals surface area contributed by atoms with Gasteiger partial charge in [0, 0.05) is 43.9 Å². The van der Waals surface area contributed by atoms with Crippen molar-refractivity contribution in [3.8, 4) is 5.75 Å². The van der Waals surface area contributed by atoms with Crippen molar-refractivity contribution in [3.05, 3.63) is 36.2 Å². The number of alkyl halides is 5. The number of pyridine rings is 2. The van der Waals surface area contributed by atoms with Gasteiger partial charge in [0.05, 0.1) is 11.8 Å². The Morgan fingerprint density at radius 3 is 2.58 bits per heavy atom. The molecule has 3 heterocycles. The molecular formula is C18H18F5N5O4S. The van der Waals surface area contributed by atoms with E-state index in [0.29, 0.717) is 0 Å². The third-order valence-corrected chi connectivity index (χ3v) is 5.43. The summed E-state index contributed by atoms with van der Waals surface area (Å²) in [5.41, 5.74) is -0.467. The van der Waals surface area contributed by atoms with Gasteiger partial charge in [0.1, 0.15) is 11.6 Å². The molecule has 0 aliphatic carbocycles. The number of ether oxygens (including phenoxy) is 1. The molecule has 180 valence electrons. The Labute approximate surface area is 184 Å². The maximum atomic E-state index is 13.7. The zero-order valence-electron chi connectivity index (χ0n) is 16.8. The molecule has 1 fully saturated rings. The molecule has 2 aromatic heterocycles. The van der Waals surface area contributed by atoms with Crippen molar-refractivity contribution < 1.29 is 39.9 Å². The van der Waals surface area contributed by atoms with Gasteiger partial charge in [-0.25, -0.2) is 32.3 Å². The number of anilines is 2. The summed E-state index contributed by atoms with van der Waals surface area (Å²) >= 11 is 0. The number of carbonyl (C=O) groups excluding carboxylic acids is 1. The fourth-order valence-electron chi connectivity index (χ4n) is 3.16. The first-order chi connectivity index (χ1) is 15.2. The van der Waals surface area contributed by atoms with Crippen molar-refractivity contribution in [1.82, 2.24) is 9.97 Å². The third kappa shape index (κ3) is 6.71. The maximum Gasteiger partial charge on any atom is 0.573 e. The predicted molar refractivity (Wildman–Crippen MR) is 105 cm³/mol. The van der Waals surface area contributed by atoms with E-state index in [-0.39, 0.29) is 37.4 Å². The topological polar surface area (TPSA) is 128 Å². The average Bonchev–Trinajstić information content (AvgIpc) is 2.87. The van der Waals surface area contributed by atoms with Gasteiger partial charge in [-0.15, -0.1) is 13.2 Å². The van der Waals surface area contributed by atoms with Gasteiger partial charge in [-0.3, -0.25) is 4.79 Å². The minimum absolute atomic E-state index is 0.0681. The predicted octanol–water partition coefficient (Wildman–Crippen LogP) is 2.90. The van der Waals surface area contributed by atoms with Crippen LogP contribution in [0.2, 0.25) is 0 Å². The van der Waals surface area contributed by atoms with Crippen LogP contribution in [0.25, 0.3) is 0 Å². The second kappa shape index (κ2) is 9.05. The summed E-state index contributed by atoms with van der Waals surface area (Å²) < 4.78 is 92.2. The number of nitrogens with zero attached hydrogens (tertiary/aromatic N) is 3. The first-order valence-electron chi connectivity index (χ1n) is 9.42. The quantitative estimate of drug-likeness (QED) is 0.611. The lowest BCUT2D eigenvalue weighted by Gasteiger charge is -2.24. The highest BCUT2D eigenvalue weighted by Gasteiger charge is 2.34. The molecule has 3 rings (SSSR count). The van der Waals surface area contributed by atoms with E-state index in [1.807, 2.05) is 0 Å². The summed E-state index contributed by atoms with van der Waals surface area (Å²) in [6.07, 6.45) is -4.12. The number of sulfonamides is 1. The molecule has 33 heavy (non-hydrogen) atoms. The van der Waals surface area contributed by atoms with Crippen LogP contribution >= 0.6 is 0 Å². The molecule has 3 N–H and O–H groups in total. The Hall–Kier alpha value is -3.07. The number of aromatic nitrogens is 2. The molecule has 1 aliphatic rings. The van der Waals surface area contributed by atoms with Crippen molar-refractivity contribution in [3.63, 3.8) is 0 Å². The first-order valence-corrected chi connectivity index (χ1v) is 11.0. The van der Waals surface area contributed by atoms with Crippen LogP contribution in [0.3, 0.4) is 0 Å². The van der Waals surface area contributed by atoms with Gasteiger partial charge in [-0.1, -0.05) is 0 Å². The van der Waals surface area contributed by atoms with Gasteiger partial charge in [0.15, 0.2) is 5.03 Å². The molecule has 1 saturated heterocycles. The Kier molecular flexibility index (Phi) is 6.74. The lowest BCUT2D eigenvalue weighted by atomic mass is 10.1. The van der Waals surface area contributed by atoms with E-state index in [0.717, 1.165) is 24.5 Å². The van der Waals surface area contributed by atoms with Crippen molar-refractivity contribution in [2.24, 2.45) is 5.14 Å². The molecule has 1 amide bonds. The molecule has 0 spiro atoms. The minimum atomic E-state index is -5.06. The molecule has 0 bridgehead atoms. The fraction of sp³-hybridized carbons (Fsp3) is 0.389. The van der Waals surface area contributed by atoms with Crippen LogP contribution in [0.1, 0.15) is 29.6 Å². The molecule has 9 nitrogen and oxygen atoms in total. The number of nitrogens with one attached hydrogen (secondary N) is 1. The summed E-state index contributed by atoms with van der Waals surface area (Å²) in [5.74, 6) is -4.82. The smallest absolute Gasteiger partial charge is 0.404 e. The average molecular weight is 495 g/mol. The zero-order valence-corrected chi connectivity index (χ0v) is 17.6. The summed E-state index contributed by atoms with van der Waals surface area (Å²) in [4.78, 5) is 21.7. The monoisotopic (exact) mass is 495 g/mol. The Bertz CT molecular complexity index is 1140. The van der Waals surface area contributed by atoms with Crippen LogP contribution in [0.15, 0.2) is 35.6 Å². The summed E-state index contributed by atoms with van der Waals surface area (Å²) in [7, 11) is -4.19. The second-order valence-corrected chi connectivity index (χ2v) is 8.68. The van der Waals surface area contributed by atoms with Crippen LogP contribution in [0.4, 0.5) is 33.5 Å². The van der Waals surface area contributed by atoms with E-state index in [9.17, 15) is 35.2 Å². The molecule has 0 saturated carbocycles. The standard InChI is InChI=1S/C18H18F5N5O4S/c19-17(20)3-1-6-28(7-4-17)15-13(9-12(10-26-15)32-18(21,22)23)16(29)27-11-2-5-25-14(8-11)33(24,30)31/h2,5,8-10H,1,3-4,6-7H2,(H2,24,30,31)(H,25,27,29). The second-order valence-electron chi connectivity index (χ2n) is 7.17. The molecule has 0 atom stereocenters. The van der Waals surface area contributed by atoms with Gasteiger partial charge >= 0.3 is 6.36 Å². The largest absolute Gasteiger partial charge is 0.573 e. The molecule has 2 aromatic rings. The molecule has 0 aromatic carbocycles. The normalized spacial score (nSPS) is 16.7. The first kappa shape index (κ1) is 24.6. The van der Waals surface area contributed by atoms with Crippen LogP contribution in [0.5, 0.6) is 5.75 Å². The van der Waals surface area contributed by atoms with Crippen molar-refractivity contribution >= 4 is 27.4 Å². The van der Waals surface area contributed by atoms with Crippen molar-refractivity contribution in [1.29, 1.82) is 0 Å². The lowest BCUT2D eigenvalue weighted by Crippen LogP contribution is -2.29. The van der Waals surface area contributed by atoms with E-state index in [1.54, 1.807) is 0 Å². The highest BCUT2D eigenvalue weighted by molar-refractivity contribution is 7.89. The highest BCUT2D eigenvalue weighted by atomic mass is 32.2. The SMILES string of the molecule is NS(=O)(=O)c1cc(NC(=O)c2cc(OC(F)(F)F)cnc2N2CCCC(F)(F)CC2)ccn1. The van der Waals surface area contributed by atoms with Gasteiger partial charge in [0.2, 0.25) is 5.92 Å². The van der Waals surface area contributed by atoms with E-state index in [4.69, 9.17) is 5.14 Å². The van der Waals surface area contributed by atoms with Crippen LogP contribution in [-0.4, -0.2) is 49.7 Å². The summed E-state index contributed by atoms with van der Waals surface area (Å²) in [5, 5.41) is 6.77. The minimum Gasteiger partial charge on any atom is -0.404 e. The van der Waals surface area contributed by atoms with E-state index >= 15 is 0 Å². The van der Waals surface area contributed by atoms with Crippen LogP contribution in [0, 0.1) is 0 Å². The fourth-order valence-corrected chi connectivity index (χ4v) is 3.66.